The average Bonchev–Trinajstić information content (AvgIpc) is 3.01. The quantitative estimate of drug-likeness (QED) is 0.779. The molecule has 0 bridgehead atoms. The fourth-order valence-electron chi connectivity index (χ4n) is 3.12. The highest BCUT2D eigenvalue weighted by atomic mass is 16.5. The monoisotopic (exact) mass is 336 g/mol. The highest BCUT2D eigenvalue weighted by Gasteiger charge is 2.28. The molecule has 0 fully saturated rings. The van der Waals surface area contributed by atoms with E-state index in [1.54, 1.807) is 23.0 Å². The first-order valence-corrected chi connectivity index (χ1v) is 8.36. The van der Waals surface area contributed by atoms with Crippen LogP contribution in [0.2, 0.25) is 0 Å². The van der Waals surface area contributed by atoms with E-state index in [1.807, 2.05) is 25.1 Å². The van der Waals surface area contributed by atoms with Crippen LogP contribution in [-0.2, 0) is 6.42 Å². The molecule has 0 saturated carbocycles. The predicted octanol–water partition coefficient (Wildman–Crippen LogP) is 3.39. The first kappa shape index (κ1) is 15.6. The van der Waals surface area contributed by atoms with Crippen molar-refractivity contribution in [1.82, 2.24) is 14.6 Å². The zero-order chi connectivity index (χ0) is 17.6. The Bertz CT molecular complexity index is 975. The minimum atomic E-state index is -0.237. The lowest BCUT2D eigenvalue weighted by molar-refractivity contribution is 0.0850. The van der Waals surface area contributed by atoms with E-state index in [0.717, 1.165) is 29.8 Å². The third-order valence-corrected chi connectivity index (χ3v) is 4.54. The van der Waals surface area contributed by atoms with Crippen molar-refractivity contribution in [2.45, 2.75) is 39.2 Å². The first-order chi connectivity index (χ1) is 11.9. The van der Waals surface area contributed by atoms with Crippen LogP contribution in [0, 0.1) is 6.92 Å². The van der Waals surface area contributed by atoms with E-state index in [2.05, 4.69) is 29.2 Å². The van der Waals surface area contributed by atoms with E-state index in [4.69, 9.17) is 4.74 Å². The highest BCUT2D eigenvalue weighted by Crippen LogP contribution is 2.38. The largest absolute Gasteiger partial charge is 0.485 e. The van der Waals surface area contributed by atoms with E-state index in [9.17, 15) is 4.79 Å². The Morgan fingerprint density at radius 1 is 1.32 bits per heavy atom. The van der Waals surface area contributed by atoms with Crippen LogP contribution in [0.4, 0.5) is 5.69 Å². The molecule has 4 rings (SSSR count). The van der Waals surface area contributed by atoms with Crippen LogP contribution in [0.1, 0.15) is 41.9 Å². The number of para-hydroxylation sites is 1. The second-order valence-electron chi connectivity index (χ2n) is 6.98. The van der Waals surface area contributed by atoms with E-state index in [-0.39, 0.29) is 11.5 Å². The maximum Gasteiger partial charge on any atom is 0.259 e. The Labute approximate surface area is 145 Å². The summed E-state index contributed by atoms with van der Waals surface area (Å²) in [5, 5.41) is 7.13. The number of aryl methyl sites for hydroxylation is 2. The van der Waals surface area contributed by atoms with E-state index < -0.39 is 0 Å². The Hall–Kier alpha value is -2.89. The molecule has 0 spiro atoms. The number of aromatic nitrogens is 3. The summed E-state index contributed by atoms with van der Waals surface area (Å²) < 4.78 is 7.73. The minimum absolute atomic E-state index is 0.220. The number of amides is 1. The van der Waals surface area contributed by atoms with E-state index in [0.29, 0.717) is 16.9 Å². The van der Waals surface area contributed by atoms with Gasteiger partial charge in [0.15, 0.2) is 5.65 Å². The van der Waals surface area contributed by atoms with Crippen molar-refractivity contribution in [3.63, 3.8) is 0 Å². The van der Waals surface area contributed by atoms with Crippen molar-refractivity contribution in [2.75, 3.05) is 5.32 Å². The van der Waals surface area contributed by atoms with Gasteiger partial charge in [-0.1, -0.05) is 12.1 Å². The lowest BCUT2D eigenvalue weighted by Crippen LogP contribution is -2.33. The number of carbonyl (C=O) groups is 1. The van der Waals surface area contributed by atoms with E-state index in [1.165, 1.54) is 0 Å². The third kappa shape index (κ3) is 2.84. The Kier molecular flexibility index (Phi) is 3.49. The van der Waals surface area contributed by atoms with Gasteiger partial charge in [0, 0.05) is 12.3 Å². The number of ether oxygens (including phenoxy) is 1. The van der Waals surface area contributed by atoms with Crippen LogP contribution in [-0.4, -0.2) is 26.1 Å². The maximum absolute atomic E-state index is 12.8. The van der Waals surface area contributed by atoms with Gasteiger partial charge < -0.3 is 10.1 Å². The summed E-state index contributed by atoms with van der Waals surface area (Å²) in [5.41, 5.74) is 3.45. The van der Waals surface area contributed by atoms with Crippen molar-refractivity contribution >= 4 is 17.2 Å². The number of nitrogens with zero attached hydrogens (tertiary/aromatic N) is 3. The molecule has 128 valence electrons. The topological polar surface area (TPSA) is 68.5 Å². The normalized spacial score (nSPS) is 15.5. The Balaban J connectivity index is 1.68. The molecule has 6 heteroatoms. The van der Waals surface area contributed by atoms with Gasteiger partial charge in [0.2, 0.25) is 0 Å². The number of nitrogens with one attached hydrogen (secondary N) is 1. The molecule has 1 aliphatic heterocycles. The lowest BCUT2D eigenvalue weighted by Gasteiger charge is -2.33. The van der Waals surface area contributed by atoms with Crippen molar-refractivity contribution in [1.29, 1.82) is 0 Å². The van der Waals surface area contributed by atoms with Crippen molar-refractivity contribution < 1.29 is 9.53 Å². The molecule has 3 aromatic rings. The van der Waals surface area contributed by atoms with Gasteiger partial charge in [-0.2, -0.15) is 5.10 Å². The summed E-state index contributed by atoms with van der Waals surface area (Å²) in [6.45, 7) is 5.95. The van der Waals surface area contributed by atoms with Gasteiger partial charge in [0.05, 0.1) is 23.1 Å². The molecule has 1 N–H and O–H groups in total. The number of fused-ring (bicyclic) bond motifs is 2. The Morgan fingerprint density at radius 2 is 2.16 bits per heavy atom. The zero-order valence-electron chi connectivity index (χ0n) is 14.5. The molecule has 1 aromatic carbocycles. The van der Waals surface area contributed by atoms with Crippen LogP contribution in [0.5, 0.6) is 5.75 Å². The zero-order valence-corrected chi connectivity index (χ0v) is 14.5. The lowest BCUT2D eigenvalue weighted by atomic mass is 9.94. The molecular formula is C19H20N4O2. The summed E-state index contributed by atoms with van der Waals surface area (Å²) in [5.74, 6) is 0.542. The SMILES string of the molecule is Cc1nc2ccnn2cc1C(=O)Nc1cccc2c1OC(C)(C)CC2. The molecule has 0 saturated heterocycles. The van der Waals surface area contributed by atoms with Crippen LogP contribution < -0.4 is 10.1 Å². The van der Waals surface area contributed by atoms with Gasteiger partial charge in [-0.25, -0.2) is 9.50 Å². The van der Waals surface area contributed by atoms with Crippen molar-refractivity contribution in [3.05, 3.63) is 53.5 Å². The van der Waals surface area contributed by atoms with Crippen LogP contribution >= 0.6 is 0 Å². The highest BCUT2D eigenvalue weighted by molar-refractivity contribution is 6.05. The summed E-state index contributed by atoms with van der Waals surface area (Å²) in [6, 6.07) is 7.66. The molecule has 25 heavy (non-hydrogen) atoms. The van der Waals surface area contributed by atoms with Crippen LogP contribution in [0.3, 0.4) is 0 Å². The second kappa shape index (κ2) is 5.58. The summed E-state index contributed by atoms with van der Waals surface area (Å²) >= 11 is 0. The number of rotatable bonds is 2. The van der Waals surface area contributed by atoms with Gasteiger partial charge in [-0.15, -0.1) is 0 Å². The minimum Gasteiger partial charge on any atom is -0.485 e. The van der Waals surface area contributed by atoms with Gasteiger partial charge >= 0.3 is 0 Å². The molecule has 0 unspecified atom stereocenters. The fraction of sp³-hybridized carbons (Fsp3) is 0.316. The van der Waals surface area contributed by atoms with Gasteiger partial charge in [0.1, 0.15) is 11.4 Å². The number of hydrogen-bond donors (Lipinski definition) is 1. The molecular weight excluding hydrogens is 316 g/mol. The number of hydrogen-bond acceptors (Lipinski definition) is 4. The number of anilines is 1. The standard InChI is InChI=1S/C19H20N4O2/c1-12-14(11-23-16(21-12)8-10-20-23)18(24)22-15-6-4-5-13-7-9-19(2,3)25-17(13)15/h4-6,8,10-11H,7,9H2,1-3H3,(H,22,24). The second-order valence-corrected chi connectivity index (χ2v) is 6.98. The third-order valence-electron chi connectivity index (χ3n) is 4.54. The summed E-state index contributed by atoms with van der Waals surface area (Å²) in [7, 11) is 0. The Morgan fingerprint density at radius 3 is 3.00 bits per heavy atom. The fourth-order valence-corrected chi connectivity index (χ4v) is 3.12. The maximum atomic E-state index is 12.8. The molecule has 0 radical (unpaired) electrons. The molecule has 0 atom stereocenters. The molecule has 0 aliphatic carbocycles. The number of carbonyl (C=O) groups excluding carboxylic acids is 1. The van der Waals surface area contributed by atoms with Crippen molar-refractivity contribution in [3.8, 4) is 5.75 Å². The molecule has 6 nitrogen and oxygen atoms in total. The summed E-state index contributed by atoms with van der Waals surface area (Å²) in [4.78, 5) is 17.2. The van der Waals surface area contributed by atoms with E-state index >= 15 is 0 Å². The van der Waals surface area contributed by atoms with Gasteiger partial charge in [0.25, 0.3) is 5.91 Å². The molecule has 3 heterocycles. The summed E-state index contributed by atoms with van der Waals surface area (Å²) in [6.07, 6.45) is 5.25. The van der Waals surface area contributed by atoms with Gasteiger partial charge in [-0.05, 0) is 45.2 Å². The van der Waals surface area contributed by atoms with Crippen molar-refractivity contribution in [2.24, 2.45) is 0 Å². The van der Waals surface area contributed by atoms with Crippen LogP contribution in [0.15, 0.2) is 36.7 Å². The van der Waals surface area contributed by atoms with Crippen LogP contribution in [0.25, 0.3) is 5.65 Å². The molecule has 2 aromatic heterocycles. The smallest absolute Gasteiger partial charge is 0.259 e. The van der Waals surface area contributed by atoms with Gasteiger partial charge in [-0.3, -0.25) is 4.79 Å². The average molecular weight is 336 g/mol. The predicted molar refractivity (Wildman–Crippen MR) is 95.1 cm³/mol. The first-order valence-electron chi connectivity index (χ1n) is 8.36. The molecule has 1 aliphatic rings. The molecule has 1 amide bonds. The number of benzene rings is 1.